The molecule has 22 heavy (non-hydrogen) atoms. The molecular weight excluding hydrogens is 285 g/mol. The Morgan fingerprint density at radius 1 is 1.36 bits per heavy atom. The van der Waals surface area contributed by atoms with E-state index in [9.17, 15) is 9.18 Å². The smallest absolute Gasteiger partial charge is 0.321 e. The number of nitrogens with one attached hydrogen (secondary N) is 1. The Morgan fingerprint density at radius 3 is 2.73 bits per heavy atom. The van der Waals surface area contributed by atoms with Crippen LogP contribution in [0.1, 0.15) is 26.2 Å². The van der Waals surface area contributed by atoms with E-state index in [1.165, 1.54) is 23.5 Å². The van der Waals surface area contributed by atoms with Crippen LogP contribution in [0.4, 0.5) is 20.6 Å². The van der Waals surface area contributed by atoms with Crippen molar-refractivity contribution in [1.29, 1.82) is 0 Å². The molecule has 0 unspecified atom stereocenters. The van der Waals surface area contributed by atoms with Gasteiger partial charge in [0, 0.05) is 26.2 Å². The van der Waals surface area contributed by atoms with Crippen LogP contribution in [0.25, 0.3) is 0 Å². The first kappa shape index (κ1) is 16.5. The number of halogens is 1. The predicted molar refractivity (Wildman–Crippen MR) is 85.8 cm³/mol. The molecule has 2 N–H and O–H groups in total. The van der Waals surface area contributed by atoms with E-state index in [2.05, 4.69) is 10.2 Å². The molecule has 0 aliphatic carbocycles. The summed E-state index contributed by atoms with van der Waals surface area (Å²) in [5, 5.41) is 11.8. The molecule has 1 aliphatic heterocycles. The van der Waals surface area contributed by atoms with Gasteiger partial charge in [-0.05, 0) is 44.4 Å². The molecule has 0 spiro atoms. The number of carbonyl (C=O) groups is 1. The number of aliphatic hydroxyl groups is 1. The molecule has 0 aromatic heterocycles. The molecule has 0 radical (unpaired) electrons. The van der Waals surface area contributed by atoms with Crippen LogP contribution in [0, 0.1) is 5.82 Å². The highest BCUT2D eigenvalue weighted by Crippen LogP contribution is 2.29. The van der Waals surface area contributed by atoms with E-state index < -0.39 is 0 Å². The molecular formula is C16H24FN3O2. The number of urea groups is 1. The van der Waals surface area contributed by atoms with E-state index in [1.807, 2.05) is 6.92 Å². The van der Waals surface area contributed by atoms with Crippen molar-refractivity contribution in [3.63, 3.8) is 0 Å². The molecule has 2 amide bonds. The van der Waals surface area contributed by atoms with Crippen molar-refractivity contribution in [3.8, 4) is 0 Å². The van der Waals surface area contributed by atoms with Gasteiger partial charge in [-0.25, -0.2) is 9.18 Å². The summed E-state index contributed by atoms with van der Waals surface area (Å²) in [5.74, 6) is -0.374. The lowest BCUT2D eigenvalue weighted by Gasteiger charge is -2.31. The Balaban J connectivity index is 2.17. The number of aliphatic hydroxyl groups excluding tert-OH is 1. The van der Waals surface area contributed by atoms with E-state index in [1.54, 1.807) is 6.07 Å². The monoisotopic (exact) mass is 309 g/mol. The maximum Gasteiger partial charge on any atom is 0.321 e. The Morgan fingerprint density at radius 2 is 2.09 bits per heavy atom. The van der Waals surface area contributed by atoms with Crippen LogP contribution < -0.4 is 10.2 Å². The molecule has 0 saturated carbocycles. The number of carbonyl (C=O) groups excluding carboxylic acids is 1. The van der Waals surface area contributed by atoms with Gasteiger partial charge in [-0.2, -0.15) is 0 Å². The SMILES string of the molecule is CCN(CCO)C(=O)Nc1cc(F)ccc1N1CCCCC1. The number of anilines is 2. The largest absolute Gasteiger partial charge is 0.395 e. The number of likely N-dealkylation sites (N-methyl/N-ethyl adjacent to an activating group) is 1. The normalized spacial score (nSPS) is 14.8. The van der Waals surface area contributed by atoms with Gasteiger partial charge in [0.2, 0.25) is 0 Å². The number of hydrogen-bond donors (Lipinski definition) is 2. The van der Waals surface area contributed by atoms with Gasteiger partial charge in [-0.3, -0.25) is 0 Å². The third-order valence-electron chi connectivity index (χ3n) is 3.94. The number of nitrogens with zero attached hydrogens (tertiary/aromatic N) is 2. The van der Waals surface area contributed by atoms with E-state index in [-0.39, 0.29) is 25.0 Å². The molecule has 1 saturated heterocycles. The lowest BCUT2D eigenvalue weighted by Crippen LogP contribution is -2.37. The maximum absolute atomic E-state index is 13.6. The molecule has 5 nitrogen and oxygen atoms in total. The highest BCUT2D eigenvalue weighted by molar-refractivity contribution is 5.93. The maximum atomic E-state index is 13.6. The zero-order valence-corrected chi connectivity index (χ0v) is 13.0. The molecule has 6 heteroatoms. The van der Waals surface area contributed by atoms with Crippen molar-refractivity contribution in [2.45, 2.75) is 26.2 Å². The zero-order chi connectivity index (χ0) is 15.9. The third kappa shape index (κ3) is 4.10. The molecule has 1 aromatic carbocycles. The van der Waals surface area contributed by atoms with Crippen LogP contribution in [0.3, 0.4) is 0 Å². The molecule has 1 aromatic rings. The quantitative estimate of drug-likeness (QED) is 0.879. The number of amides is 2. The standard InChI is InChI=1S/C16H24FN3O2/c1-2-19(10-11-21)16(22)18-14-12-13(17)6-7-15(14)20-8-4-3-5-9-20/h6-7,12,21H,2-5,8-11H2,1H3,(H,18,22). The first-order valence-corrected chi connectivity index (χ1v) is 7.87. The minimum atomic E-state index is -0.374. The number of piperidine rings is 1. The van der Waals surface area contributed by atoms with Crippen molar-refractivity contribution < 1.29 is 14.3 Å². The summed E-state index contributed by atoms with van der Waals surface area (Å²) in [5.41, 5.74) is 1.35. The van der Waals surface area contributed by atoms with Crippen LogP contribution in [0.5, 0.6) is 0 Å². The lowest BCUT2D eigenvalue weighted by molar-refractivity contribution is 0.192. The van der Waals surface area contributed by atoms with Gasteiger partial charge in [0.1, 0.15) is 5.82 Å². The van der Waals surface area contributed by atoms with Crippen molar-refractivity contribution >= 4 is 17.4 Å². The van der Waals surface area contributed by atoms with Crippen LogP contribution in [0.15, 0.2) is 18.2 Å². The summed E-state index contributed by atoms with van der Waals surface area (Å²) in [4.78, 5) is 15.9. The number of benzene rings is 1. The van der Waals surface area contributed by atoms with Gasteiger partial charge in [-0.1, -0.05) is 0 Å². The Bertz CT molecular complexity index is 504. The predicted octanol–water partition coefficient (Wildman–Crippen LogP) is 2.66. The van der Waals surface area contributed by atoms with E-state index in [4.69, 9.17) is 5.11 Å². The number of hydrogen-bond acceptors (Lipinski definition) is 3. The topological polar surface area (TPSA) is 55.8 Å². The third-order valence-corrected chi connectivity index (χ3v) is 3.94. The summed E-state index contributed by atoms with van der Waals surface area (Å²) in [6, 6.07) is 4.18. The fourth-order valence-corrected chi connectivity index (χ4v) is 2.74. The fourth-order valence-electron chi connectivity index (χ4n) is 2.74. The lowest BCUT2D eigenvalue weighted by atomic mass is 10.1. The van der Waals surface area contributed by atoms with Gasteiger partial charge in [0.25, 0.3) is 0 Å². The molecule has 122 valence electrons. The van der Waals surface area contributed by atoms with E-state index >= 15 is 0 Å². The van der Waals surface area contributed by atoms with Crippen molar-refractivity contribution in [2.75, 3.05) is 43.0 Å². The summed E-state index contributed by atoms with van der Waals surface area (Å²) < 4.78 is 13.6. The first-order chi connectivity index (χ1) is 10.7. The van der Waals surface area contributed by atoms with Crippen LogP contribution in [0.2, 0.25) is 0 Å². The Labute approximate surface area is 130 Å². The summed E-state index contributed by atoms with van der Waals surface area (Å²) in [6.45, 7) is 4.33. The van der Waals surface area contributed by atoms with Gasteiger partial charge in [-0.15, -0.1) is 0 Å². The number of rotatable bonds is 5. The van der Waals surface area contributed by atoms with Gasteiger partial charge in [0.15, 0.2) is 0 Å². The molecule has 1 aliphatic rings. The van der Waals surface area contributed by atoms with E-state index in [0.717, 1.165) is 31.6 Å². The zero-order valence-electron chi connectivity index (χ0n) is 13.0. The second-order valence-electron chi connectivity index (χ2n) is 5.44. The molecule has 0 atom stereocenters. The average molecular weight is 309 g/mol. The van der Waals surface area contributed by atoms with Gasteiger partial charge < -0.3 is 20.2 Å². The van der Waals surface area contributed by atoms with Crippen molar-refractivity contribution in [3.05, 3.63) is 24.0 Å². The van der Waals surface area contributed by atoms with Crippen LogP contribution in [-0.2, 0) is 0 Å². The minimum Gasteiger partial charge on any atom is -0.395 e. The molecule has 1 heterocycles. The van der Waals surface area contributed by atoms with Crippen LogP contribution in [-0.4, -0.2) is 48.8 Å². The summed E-state index contributed by atoms with van der Waals surface area (Å²) in [7, 11) is 0. The molecule has 2 rings (SSSR count). The highest BCUT2D eigenvalue weighted by Gasteiger charge is 2.18. The second kappa shape index (κ2) is 7.98. The highest BCUT2D eigenvalue weighted by atomic mass is 19.1. The van der Waals surface area contributed by atoms with Crippen LogP contribution >= 0.6 is 0 Å². The average Bonchev–Trinajstić information content (AvgIpc) is 2.53. The van der Waals surface area contributed by atoms with E-state index in [0.29, 0.717) is 12.2 Å². The van der Waals surface area contributed by atoms with Crippen molar-refractivity contribution in [1.82, 2.24) is 4.90 Å². The second-order valence-corrected chi connectivity index (χ2v) is 5.44. The Hall–Kier alpha value is -1.82. The van der Waals surface area contributed by atoms with Gasteiger partial charge in [0.05, 0.1) is 18.0 Å². The summed E-state index contributed by atoms with van der Waals surface area (Å²) >= 11 is 0. The van der Waals surface area contributed by atoms with Gasteiger partial charge >= 0.3 is 6.03 Å². The first-order valence-electron chi connectivity index (χ1n) is 7.87. The Kier molecular flexibility index (Phi) is 6.00. The molecule has 1 fully saturated rings. The minimum absolute atomic E-state index is 0.0939. The van der Waals surface area contributed by atoms with Crippen molar-refractivity contribution in [2.24, 2.45) is 0 Å². The fraction of sp³-hybridized carbons (Fsp3) is 0.562. The molecule has 0 bridgehead atoms. The summed E-state index contributed by atoms with van der Waals surface area (Å²) in [6.07, 6.45) is 3.42.